The van der Waals surface area contributed by atoms with E-state index in [-0.39, 0.29) is 12.8 Å². The van der Waals surface area contributed by atoms with Gasteiger partial charge in [0.1, 0.15) is 43.2 Å². The van der Waals surface area contributed by atoms with E-state index in [1.807, 2.05) is 37.3 Å². The number of carbonyl (C=O) groups is 2. The largest absolute Gasteiger partial charge is 0.472 e. The lowest BCUT2D eigenvalue weighted by Gasteiger charge is -2.43. The molecule has 0 aromatic heterocycles. The van der Waals surface area contributed by atoms with Gasteiger partial charge in [0.05, 0.1) is 12.7 Å². The van der Waals surface area contributed by atoms with E-state index in [4.69, 9.17) is 18.5 Å². The number of allylic oxidation sites excluding steroid dienone is 12. The molecule has 17 nitrogen and oxygen atoms in total. The summed E-state index contributed by atoms with van der Waals surface area (Å²) in [5, 5.41) is 51.2. The summed E-state index contributed by atoms with van der Waals surface area (Å²) in [5.74, 6) is -1.30. The maximum absolute atomic E-state index is 13.0. The van der Waals surface area contributed by atoms with Gasteiger partial charge in [-0.2, -0.15) is 0 Å². The van der Waals surface area contributed by atoms with E-state index in [9.17, 15) is 58.9 Å². The van der Waals surface area contributed by atoms with E-state index in [1.54, 1.807) is 6.08 Å². The Hall–Kier alpha value is -2.86. The van der Waals surface area contributed by atoms with E-state index in [2.05, 4.69) is 60.1 Å². The number of ether oxygens (including phenoxy) is 2. The van der Waals surface area contributed by atoms with Crippen LogP contribution in [-0.4, -0.2) is 114 Å². The molecule has 1 rings (SSSR count). The van der Waals surface area contributed by atoms with Crippen LogP contribution in [-0.2, 0) is 41.8 Å². The van der Waals surface area contributed by atoms with Crippen LogP contribution in [0.3, 0.4) is 0 Å². The highest BCUT2D eigenvalue weighted by molar-refractivity contribution is 7.47. The van der Waals surface area contributed by atoms with Crippen LogP contribution in [0.1, 0.15) is 149 Å². The highest BCUT2D eigenvalue weighted by Gasteiger charge is 2.54. The topological polar surface area (TPSA) is 276 Å². The second-order valence-electron chi connectivity index (χ2n) is 16.6. The molecule has 1 aliphatic rings. The summed E-state index contributed by atoms with van der Waals surface area (Å²) in [6.45, 7) is 2.82. The lowest BCUT2D eigenvalue weighted by Crippen LogP contribution is -2.64. The molecule has 1 fully saturated rings. The van der Waals surface area contributed by atoms with Gasteiger partial charge in [-0.3, -0.25) is 23.2 Å². The van der Waals surface area contributed by atoms with E-state index < -0.39 is 89.6 Å². The standard InChI is InChI=1S/C49H82O17P2/c1-3-5-7-8-9-10-11-12-13-14-15-16-17-18-19-22-26-29-33-37-43(52)64-41(38-62-42(51)36-32-28-25-23-20-21-24-27-31-35-40(50)34-30-6-4-2)39-63-68(60,61)66-49-46(55)44(53)45(54)48(47(49)56)65-67(57,58)59/h6,9-10,12-13,15-16,18-19,24,27,30-31,35,40-41,44-50,53-56H,3-5,7-8,11,14,17,20-23,25-26,28-29,32-34,36-39H2,1-2H3,(H,60,61)(H2,57,58,59)/b10-9-,13-12-,16-15-,19-18-,27-24+,30-6+,35-31+/t40?,41-,44?,45?,46?,47?,48-,49+/m1/s1. The fraction of sp³-hybridized carbons (Fsp3) is 0.673. The molecule has 0 amide bonds. The van der Waals surface area contributed by atoms with E-state index in [0.717, 1.165) is 77.0 Å². The average molecular weight is 1010 g/mol. The minimum absolute atomic E-state index is 0.0134. The molecule has 0 aliphatic heterocycles. The van der Waals surface area contributed by atoms with Crippen molar-refractivity contribution in [1.29, 1.82) is 0 Å². The first kappa shape index (κ1) is 63.2. The number of rotatable bonds is 39. The number of hydrogen-bond donors (Lipinski definition) is 8. The first-order chi connectivity index (χ1) is 32.5. The number of aliphatic hydroxyl groups is 5. The van der Waals surface area contributed by atoms with Crippen molar-refractivity contribution in [2.45, 2.75) is 198 Å². The van der Waals surface area contributed by atoms with Crippen molar-refractivity contribution in [2.75, 3.05) is 13.2 Å². The predicted octanol–water partition coefficient (Wildman–Crippen LogP) is 8.36. The van der Waals surface area contributed by atoms with E-state index >= 15 is 0 Å². The normalized spacial score (nSPS) is 22.4. The summed E-state index contributed by atoms with van der Waals surface area (Å²) in [7, 11) is -10.7. The Morgan fingerprint density at radius 3 is 1.66 bits per heavy atom. The van der Waals surface area contributed by atoms with Crippen molar-refractivity contribution in [1.82, 2.24) is 0 Å². The second kappa shape index (κ2) is 38.8. The molecular formula is C49H82O17P2. The maximum Gasteiger partial charge on any atom is 0.472 e. The first-order valence-electron chi connectivity index (χ1n) is 24.2. The summed E-state index contributed by atoms with van der Waals surface area (Å²) >= 11 is 0. The molecule has 1 saturated carbocycles. The molecule has 68 heavy (non-hydrogen) atoms. The Bertz CT molecular complexity index is 1650. The van der Waals surface area contributed by atoms with Crippen molar-refractivity contribution in [2.24, 2.45) is 0 Å². The molecule has 0 saturated heterocycles. The molecule has 0 bridgehead atoms. The van der Waals surface area contributed by atoms with E-state index in [0.29, 0.717) is 25.7 Å². The molecule has 0 heterocycles. The Balaban J connectivity index is 2.64. The lowest BCUT2D eigenvalue weighted by molar-refractivity contribution is -0.216. The molecule has 0 spiro atoms. The van der Waals surface area contributed by atoms with Crippen molar-refractivity contribution in [3.8, 4) is 0 Å². The van der Waals surface area contributed by atoms with Gasteiger partial charge in [-0.25, -0.2) is 9.13 Å². The van der Waals surface area contributed by atoms with Crippen molar-refractivity contribution in [3.05, 3.63) is 85.1 Å². The summed E-state index contributed by atoms with van der Waals surface area (Å²) < 4.78 is 49.3. The van der Waals surface area contributed by atoms with Gasteiger partial charge in [-0.15, -0.1) is 0 Å². The Kier molecular flexibility index (Phi) is 36.1. The molecule has 0 radical (unpaired) electrons. The zero-order valence-electron chi connectivity index (χ0n) is 40.1. The van der Waals surface area contributed by atoms with Crippen LogP contribution in [0, 0.1) is 0 Å². The number of phosphoric ester groups is 2. The molecule has 9 atom stereocenters. The molecule has 19 heteroatoms. The van der Waals surface area contributed by atoms with Gasteiger partial charge < -0.3 is 49.7 Å². The molecule has 1 aliphatic carbocycles. The monoisotopic (exact) mass is 1000 g/mol. The summed E-state index contributed by atoms with van der Waals surface area (Å²) in [4.78, 5) is 54.3. The minimum Gasteiger partial charge on any atom is -0.462 e. The van der Waals surface area contributed by atoms with Crippen LogP contribution in [0.15, 0.2) is 85.1 Å². The third-order valence-corrected chi connectivity index (χ3v) is 12.0. The number of esters is 2. The second-order valence-corrected chi connectivity index (χ2v) is 19.2. The molecule has 390 valence electrons. The summed E-state index contributed by atoms with van der Waals surface area (Å²) in [6, 6.07) is 0. The Labute approximate surface area is 404 Å². The summed E-state index contributed by atoms with van der Waals surface area (Å²) in [5.41, 5.74) is 0. The highest BCUT2D eigenvalue weighted by Crippen LogP contribution is 2.49. The third-order valence-electron chi connectivity index (χ3n) is 10.5. The van der Waals surface area contributed by atoms with Crippen molar-refractivity contribution >= 4 is 27.6 Å². The highest BCUT2D eigenvalue weighted by atomic mass is 31.2. The van der Waals surface area contributed by atoms with Gasteiger partial charge in [-0.1, -0.05) is 137 Å². The Morgan fingerprint density at radius 2 is 1.07 bits per heavy atom. The first-order valence-corrected chi connectivity index (χ1v) is 27.3. The van der Waals surface area contributed by atoms with Gasteiger partial charge >= 0.3 is 27.6 Å². The number of unbranched alkanes of at least 4 members (excludes halogenated alkanes) is 11. The lowest BCUT2D eigenvalue weighted by atomic mass is 9.85. The molecule has 0 aromatic carbocycles. The molecule has 8 N–H and O–H groups in total. The SMILES string of the molecule is CC/C=C/CC(O)/C=C/C=C/CCCCCCCC(=O)OC[C@H](COP(=O)(O)O[C@H]1C(O)C(O)C(O)[C@@H](OP(=O)(O)O)C1O)OC(=O)CCCCC/C=C\C/C=C\C/C=C\C/C=C\CCCCC. The van der Waals surface area contributed by atoms with Crippen LogP contribution >= 0.6 is 15.6 Å². The zero-order chi connectivity index (χ0) is 50.5. The third kappa shape index (κ3) is 32.9. The van der Waals surface area contributed by atoms with Crippen LogP contribution in [0.4, 0.5) is 0 Å². The quantitative estimate of drug-likeness (QED) is 0.00944. The number of hydrogen-bond acceptors (Lipinski definition) is 14. The van der Waals surface area contributed by atoms with Gasteiger partial charge in [0.2, 0.25) is 0 Å². The van der Waals surface area contributed by atoms with Crippen LogP contribution in [0.25, 0.3) is 0 Å². The fourth-order valence-electron chi connectivity index (χ4n) is 6.75. The molecule has 0 aromatic rings. The van der Waals surface area contributed by atoms with Crippen LogP contribution < -0.4 is 0 Å². The molecule has 6 unspecified atom stereocenters. The maximum atomic E-state index is 13.0. The molecular weight excluding hydrogens is 922 g/mol. The van der Waals surface area contributed by atoms with Crippen LogP contribution in [0.5, 0.6) is 0 Å². The van der Waals surface area contributed by atoms with Gasteiger partial charge in [-0.05, 0) is 83.5 Å². The van der Waals surface area contributed by atoms with Gasteiger partial charge in [0.15, 0.2) is 6.10 Å². The number of aliphatic hydroxyl groups excluding tert-OH is 5. The predicted molar refractivity (Wildman–Crippen MR) is 261 cm³/mol. The van der Waals surface area contributed by atoms with Gasteiger partial charge in [0.25, 0.3) is 0 Å². The summed E-state index contributed by atoms with van der Waals surface area (Å²) in [6.07, 6.45) is 30.0. The average Bonchev–Trinajstić information content (AvgIpc) is 3.29. The van der Waals surface area contributed by atoms with Crippen LogP contribution in [0.2, 0.25) is 0 Å². The smallest absolute Gasteiger partial charge is 0.462 e. The fourth-order valence-corrected chi connectivity index (χ4v) is 8.29. The number of phosphoric acid groups is 2. The minimum atomic E-state index is -5.38. The van der Waals surface area contributed by atoms with Crippen molar-refractivity contribution in [3.63, 3.8) is 0 Å². The van der Waals surface area contributed by atoms with E-state index in [1.165, 1.54) is 19.3 Å². The zero-order valence-corrected chi connectivity index (χ0v) is 41.9. The number of carbonyl (C=O) groups excluding carboxylic acids is 2. The van der Waals surface area contributed by atoms with Crippen molar-refractivity contribution < 1.29 is 82.0 Å². The Morgan fingerprint density at radius 1 is 0.559 bits per heavy atom. The van der Waals surface area contributed by atoms with Gasteiger partial charge in [0, 0.05) is 12.8 Å².